The van der Waals surface area contributed by atoms with Gasteiger partial charge in [0, 0.05) is 35.6 Å². The third kappa shape index (κ3) is 6.17. The normalized spacial score (nSPS) is 20.8. The van der Waals surface area contributed by atoms with Gasteiger partial charge in [0.25, 0.3) is 0 Å². The maximum Gasteiger partial charge on any atom is 0.226 e. The lowest BCUT2D eigenvalue weighted by atomic mass is 9.75. The van der Waals surface area contributed by atoms with Crippen LogP contribution in [0.5, 0.6) is 0 Å². The van der Waals surface area contributed by atoms with Gasteiger partial charge >= 0.3 is 0 Å². The highest BCUT2D eigenvalue weighted by Crippen LogP contribution is 2.39. The monoisotopic (exact) mass is 466 g/mol. The number of aryl methyl sites for hydroxylation is 1. The zero-order valence-electron chi connectivity index (χ0n) is 19.8. The number of anilines is 1. The fraction of sp³-hybridized carbons (Fsp3) is 0.500. The predicted octanol–water partition coefficient (Wildman–Crippen LogP) is 6.27. The van der Waals surface area contributed by atoms with Gasteiger partial charge in [-0.3, -0.25) is 9.59 Å². The van der Waals surface area contributed by atoms with E-state index < -0.39 is 0 Å². The van der Waals surface area contributed by atoms with Crippen LogP contribution in [0.2, 0.25) is 5.02 Å². The molecule has 2 amide bonds. The molecular weight excluding hydrogens is 432 g/mol. The van der Waals surface area contributed by atoms with Crippen LogP contribution in [0, 0.1) is 11.3 Å². The first-order chi connectivity index (χ1) is 15.8. The predicted molar refractivity (Wildman–Crippen MR) is 134 cm³/mol. The number of rotatable bonds is 7. The van der Waals surface area contributed by atoms with E-state index in [0.717, 1.165) is 36.9 Å². The summed E-state index contributed by atoms with van der Waals surface area (Å²) in [4.78, 5) is 27.6. The molecule has 1 heterocycles. The number of halogens is 1. The summed E-state index contributed by atoms with van der Waals surface area (Å²) in [5.74, 6) is 0.262. The second-order valence-corrected chi connectivity index (χ2v) is 10.9. The number of nitrogens with zero attached hydrogens (tertiary/aromatic N) is 1. The lowest BCUT2D eigenvalue weighted by Crippen LogP contribution is -2.41. The molecule has 2 aromatic rings. The average Bonchev–Trinajstić information content (AvgIpc) is 3.15. The highest BCUT2D eigenvalue weighted by atomic mass is 35.5. The van der Waals surface area contributed by atoms with E-state index in [9.17, 15) is 9.59 Å². The molecule has 5 heteroatoms. The Labute approximate surface area is 202 Å². The highest BCUT2D eigenvalue weighted by molar-refractivity contribution is 6.31. The van der Waals surface area contributed by atoms with Crippen molar-refractivity contribution in [1.29, 1.82) is 0 Å². The van der Waals surface area contributed by atoms with Gasteiger partial charge in [-0.05, 0) is 73.6 Å². The molecule has 0 aromatic heterocycles. The number of hydrogen-bond donors (Lipinski definition) is 1. The summed E-state index contributed by atoms with van der Waals surface area (Å²) in [7, 11) is 0. The quantitative estimate of drug-likeness (QED) is 0.522. The highest BCUT2D eigenvalue weighted by Gasteiger charge is 2.38. The minimum atomic E-state index is -0.0278. The maximum atomic E-state index is 13.1. The van der Waals surface area contributed by atoms with Crippen molar-refractivity contribution in [1.82, 2.24) is 4.90 Å². The molecule has 0 spiro atoms. The first kappa shape index (κ1) is 23.8. The minimum Gasteiger partial charge on any atom is -0.339 e. The van der Waals surface area contributed by atoms with Crippen LogP contribution in [0.3, 0.4) is 0 Å². The topological polar surface area (TPSA) is 49.4 Å². The molecule has 1 N–H and O–H groups in total. The van der Waals surface area contributed by atoms with Crippen LogP contribution in [0.1, 0.15) is 63.5 Å². The van der Waals surface area contributed by atoms with Crippen LogP contribution in [0.15, 0.2) is 48.5 Å². The molecule has 4 rings (SSSR count). The zero-order chi connectivity index (χ0) is 23.4. The Balaban J connectivity index is 1.29. The first-order valence-electron chi connectivity index (χ1n) is 12.2. The van der Waals surface area contributed by atoms with Crippen LogP contribution in [-0.2, 0) is 22.4 Å². The molecule has 1 saturated heterocycles. The average molecular weight is 467 g/mol. The number of benzene rings is 2. The molecule has 2 fully saturated rings. The van der Waals surface area contributed by atoms with E-state index in [-0.39, 0.29) is 17.7 Å². The van der Waals surface area contributed by atoms with Gasteiger partial charge in [0.2, 0.25) is 11.8 Å². The zero-order valence-corrected chi connectivity index (χ0v) is 20.5. The summed E-state index contributed by atoms with van der Waals surface area (Å²) < 4.78 is 0. The summed E-state index contributed by atoms with van der Waals surface area (Å²) in [6.07, 6.45) is 7.30. The van der Waals surface area contributed by atoms with Crippen LogP contribution >= 0.6 is 11.6 Å². The Morgan fingerprint density at radius 3 is 2.52 bits per heavy atom. The second kappa shape index (κ2) is 10.3. The number of nitrogens with one attached hydrogen (secondary N) is 1. The summed E-state index contributed by atoms with van der Waals surface area (Å²) in [5, 5.41) is 3.55. The molecule has 4 nitrogen and oxygen atoms in total. The van der Waals surface area contributed by atoms with Gasteiger partial charge in [0.05, 0.1) is 0 Å². The van der Waals surface area contributed by atoms with E-state index >= 15 is 0 Å². The minimum absolute atomic E-state index is 0.00347. The van der Waals surface area contributed by atoms with Gasteiger partial charge in [0.1, 0.15) is 0 Å². The van der Waals surface area contributed by atoms with Crippen LogP contribution < -0.4 is 5.32 Å². The van der Waals surface area contributed by atoms with Crippen molar-refractivity contribution in [3.05, 3.63) is 64.7 Å². The molecule has 1 unspecified atom stereocenters. The van der Waals surface area contributed by atoms with Crippen LogP contribution in [0.4, 0.5) is 5.69 Å². The molecule has 1 atom stereocenters. The summed E-state index contributed by atoms with van der Waals surface area (Å²) in [6, 6.07) is 16.0. The molecule has 1 aliphatic carbocycles. The van der Waals surface area contributed by atoms with Gasteiger partial charge in [-0.15, -0.1) is 0 Å². The van der Waals surface area contributed by atoms with Gasteiger partial charge in [-0.2, -0.15) is 0 Å². The molecule has 1 saturated carbocycles. The number of carbonyl (C=O) groups excluding carboxylic acids is 2. The van der Waals surface area contributed by atoms with Gasteiger partial charge < -0.3 is 10.2 Å². The van der Waals surface area contributed by atoms with E-state index in [1.54, 1.807) is 6.07 Å². The fourth-order valence-electron chi connectivity index (χ4n) is 5.19. The van der Waals surface area contributed by atoms with Crippen LogP contribution in [0.25, 0.3) is 0 Å². The van der Waals surface area contributed by atoms with E-state index in [1.807, 2.05) is 42.5 Å². The van der Waals surface area contributed by atoms with Gasteiger partial charge in [-0.25, -0.2) is 0 Å². The molecule has 33 heavy (non-hydrogen) atoms. The summed E-state index contributed by atoms with van der Waals surface area (Å²) in [6.45, 7) is 5.52. The molecule has 0 bridgehead atoms. The van der Waals surface area contributed by atoms with E-state index in [4.69, 9.17) is 11.6 Å². The second-order valence-electron chi connectivity index (χ2n) is 10.5. The molecule has 2 aliphatic rings. The smallest absolute Gasteiger partial charge is 0.226 e. The Morgan fingerprint density at radius 1 is 1.09 bits per heavy atom. The van der Waals surface area contributed by atoms with Crippen molar-refractivity contribution >= 4 is 29.1 Å². The summed E-state index contributed by atoms with van der Waals surface area (Å²) >= 11 is 6.55. The molecule has 1 aliphatic heterocycles. The standard InChI is InChI=1S/C28H35ClN2O2/c1-28(2)15-12-24(13-16-28)31-17-14-22(27(31)33)18-21-9-10-23(19-25(21)29)30-26(32)11-8-20-6-4-3-5-7-20/h3-7,9-10,19,22,24H,8,11-18H2,1-2H3,(H,30,32). The number of hydrogen-bond acceptors (Lipinski definition) is 2. The van der Waals surface area contributed by atoms with Crippen molar-refractivity contribution in [3.63, 3.8) is 0 Å². The Morgan fingerprint density at radius 2 is 1.82 bits per heavy atom. The van der Waals surface area contributed by atoms with Crippen molar-refractivity contribution in [2.45, 2.75) is 71.3 Å². The van der Waals surface area contributed by atoms with Crippen molar-refractivity contribution in [2.24, 2.45) is 11.3 Å². The molecular formula is C28H35ClN2O2. The lowest BCUT2D eigenvalue weighted by Gasteiger charge is -2.38. The Bertz CT molecular complexity index is 979. The van der Waals surface area contributed by atoms with Crippen molar-refractivity contribution in [2.75, 3.05) is 11.9 Å². The Hall–Kier alpha value is -2.33. The van der Waals surface area contributed by atoms with Crippen molar-refractivity contribution < 1.29 is 9.59 Å². The lowest BCUT2D eigenvalue weighted by molar-refractivity contribution is -0.133. The fourth-order valence-corrected chi connectivity index (χ4v) is 5.45. The SMILES string of the molecule is CC1(C)CCC(N2CCC(Cc3ccc(NC(=O)CCc4ccccc4)cc3Cl)C2=O)CC1. The van der Waals surface area contributed by atoms with Crippen LogP contribution in [-0.4, -0.2) is 29.3 Å². The van der Waals surface area contributed by atoms with Crippen molar-refractivity contribution in [3.8, 4) is 0 Å². The number of amides is 2. The van der Waals surface area contributed by atoms with E-state index in [0.29, 0.717) is 41.4 Å². The third-order valence-corrected chi connectivity index (χ3v) is 7.74. The number of likely N-dealkylation sites (tertiary alicyclic amines) is 1. The molecule has 176 valence electrons. The third-order valence-electron chi connectivity index (χ3n) is 7.39. The van der Waals surface area contributed by atoms with E-state index in [1.165, 1.54) is 12.8 Å². The Kier molecular flexibility index (Phi) is 7.43. The van der Waals surface area contributed by atoms with E-state index in [2.05, 4.69) is 24.1 Å². The summed E-state index contributed by atoms with van der Waals surface area (Å²) in [5.41, 5.74) is 3.23. The van der Waals surface area contributed by atoms with Gasteiger partial charge in [0.15, 0.2) is 0 Å². The van der Waals surface area contributed by atoms with Gasteiger partial charge in [-0.1, -0.05) is 61.8 Å². The maximum absolute atomic E-state index is 13.1. The largest absolute Gasteiger partial charge is 0.339 e. The molecule has 0 radical (unpaired) electrons. The molecule has 2 aromatic carbocycles. The number of carbonyl (C=O) groups is 2. The first-order valence-corrected chi connectivity index (χ1v) is 12.6.